The molecule has 0 heterocycles. The van der Waals surface area contributed by atoms with Gasteiger partial charge >= 0.3 is 0 Å². The molecule has 0 fully saturated rings. The second-order valence-electron chi connectivity index (χ2n) is 4.40. The average Bonchev–Trinajstić information content (AvgIpc) is 2.02. The maximum atomic E-state index is 2.34. The summed E-state index contributed by atoms with van der Waals surface area (Å²) in [5.41, 5.74) is 0. The first-order chi connectivity index (χ1) is 5.70. The van der Waals surface area contributed by atoms with E-state index in [2.05, 4.69) is 27.7 Å². The molecule has 0 aromatic heterocycles. The van der Waals surface area contributed by atoms with Crippen LogP contribution in [0.5, 0.6) is 0 Å². The van der Waals surface area contributed by atoms with Crippen LogP contribution in [0.1, 0.15) is 66.2 Å². The van der Waals surface area contributed by atoms with E-state index in [1.54, 1.807) is 0 Å². The third kappa shape index (κ3) is 6.69. The van der Waals surface area contributed by atoms with Gasteiger partial charge in [-0.25, -0.2) is 0 Å². The summed E-state index contributed by atoms with van der Waals surface area (Å²) in [7, 11) is 0. The van der Waals surface area contributed by atoms with Gasteiger partial charge in [-0.3, -0.25) is 0 Å². The lowest BCUT2D eigenvalue weighted by Gasteiger charge is -2.16. The van der Waals surface area contributed by atoms with Crippen molar-refractivity contribution in [2.24, 2.45) is 11.8 Å². The molecule has 0 saturated heterocycles. The number of unbranched alkanes of at least 4 members (excludes halogenated alkanes) is 2. The first-order valence-electron chi connectivity index (χ1n) is 5.70. The lowest BCUT2D eigenvalue weighted by molar-refractivity contribution is 0.364. The van der Waals surface area contributed by atoms with E-state index < -0.39 is 0 Å². The lowest BCUT2D eigenvalue weighted by Crippen LogP contribution is -2.03. The fourth-order valence-corrected chi connectivity index (χ4v) is 1.84. The van der Waals surface area contributed by atoms with E-state index in [1.807, 2.05) is 0 Å². The van der Waals surface area contributed by atoms with Crippen LogP contribution < -0.4 is 0 Å². The Morgan fingerprint density at radius 3 is 2.08 bits per heavy atom. The monoisotopic (exact) mass is 170 g/mol. The van der Waals surface area contributed by atoms with Gasteiger partial charge in [0.25, 0.3) is 0 Å². The highest BCUT2D eigenvalue weighted by Crippen LogP contribution is 2.21. The molecule has 0 nitrogen and oxygen atoms in total. The normalized spacial score (nSPS) is 13.8. The van der Waals surface area contributed by atoms with Crippen molar-refractivity contribution < 1.29 is 0 Å². The van der Waals surface area contributed by atoms with Gasteiger partial charge in [0.1, 0.15) is 0 Å². The molecule has 0 heteroatoms. The number of hydrogen-bond donors (Lipinski definition) is 0. The summed E-state index contributed by atoms with van der Waals surface area (Å²) >= 11 is 0. The van der Waals surface area contributed by atoms with E-state index in [9.17, 15) is 0 Å². The number of rotatable bonds is 7. The minimum atomic E-state index is 0.886. The van der Waals surface area contributed by atoms with E-state index in [0.717, 1.165) is 11.8 Å². The third-order valence-electron chi connectivity index (χ3n) is 2.60. The van der Waals surface area contributed by atoms with Crippen molar-refractivity contribution in [2.45, 2.75) is 66.2 Å². The van der Waals surface area contributed by atoms with Gasteiger partial charge in [-0.05, 0) is 18.3 Å². The van der Waals surface area contributed by atoms with Crippen LogP contribution in [-0.4, -0.2) is 0 Å². The van der Waals surface area contributed by atoms with Crippen LogP contribution in [0.15, 0.2) is 0 Å². The molecule has 0 saturated carbocycles. The SMILES string of the molecule is CCCCCC(CC)CC(C)C. The molecule has 0 aliphatic rings. The first-order valence-corrected chi connectivity index (χ1v) is 5.70. The van der Waals surface area contributed by atoms with Crippen molar-refractivity contribution in [3.63, 3.8) is 0 Å². The molecule has 0 amide bonds. The standard InChI is InChI=1S/C12H26/c1-5-7-8-9-12(6-2)10-11(3)4/h11-12H,5-10H2,1-4H3. The Kier molecular flexibility index (Phi) is 7.64. The molecule has 0 rings (SSSR count). The Morgan fingerprint density at radius 1 is 1.00 bits per heavy atom. The van der Waals surface area contributed by atoms with Crippen molar-refractivity contribution >= 4 is 0 Å². The smallest absolute Gasteiger partial charge is 0.0414 e. The Balaban J connectivity index is 3.39. The molecule has 0 bridgehead atoms. The van der Waals surface area contributed by atoms with Gasteiger partial charge in [-0.2, -0.15) is 0 Å². The highest BCUT2D eigenvalue weighted by Gasteiger charge is 2.07. The molecule has 12 heavy (non-hydrogen) atoms. The van der Waals surface area contributed by atoms with Gasteiger partial charge in [0.2, 0.25) is 0 Å². The molecule has 1 atom stereocenters. The first kappa shape index (κ1) is 12.0. The van der Waals surface area contributed by atoms with E-state index in [0.29, 0.717) is 0 Å². The Labute approximate surface area is 78.8 Å². The van der Waals surface area contributed by atoms with Crippen LogP contribution >= 0.6 is 0 Å². The van der Waals surface area contributed by atoms with Crippen LogP contribution in [0.3, 0.4) is 0 Å². The fraction of sp³-hybridized carbons (Fsp3) is 1.00. The lowest BCUT2D eigenvalue weighted by atomic mass is 9.90. The zero-order chi connectivity index (χ0) is 9.40. The molecule has 0 spiro atoms. The summed E-state index contributed by atoms with van der Waals surface area (Å²) < 4.78 is 0. The largest absolute Gasteiger partial charge is 0.0654 e. The van der Waals surface area contributed by atoms with E-state index in [4.69, 9.17) is 0 Å². The molecular weight excluding hydrogens is 144 g/mol. The summed E-state index contributed by atoms with van der Waals surface area (Å²) in [6, 6.07) is 0. The summed E-state index contributed by atoms with van der Waals surface area (Å²) in [5.74, 6) is 1.88. The number of hydrogen-bond acceptors (Lipinski definition) is 0. The quantitative estimate of drug-likeness (QED) is 0.488. The fourth-order valence-electron chi connectivity index (χ4n) is 1.84. The van der Waals surface area contributed by atoms with Gasteiger partial charge in [-0.1, -0.05) is 59.8 Å². The zero-order valence-electron chi connectivity index (χ0n) is 9.40. The van der Waals surface area contributed by atoms with Gasteiger partial charge in [-0.15, -0.1) is 0 Å². The van der Waals surface area contributed by atoms with Crippen molar-refractivity contribution in [3.8, 4) is 0 Å². The Morgan fingerprint density at radius 2 is 1.67 bits per heavy atom. The van der Waals surface area contributed by atoms with Crippen molar-refractivity contribution in [3.05, 3.63) is 0 Å². The van der Waals surface area contributed by atoms with Crippen LogP contribution in [0.2, 0.25) is 0 Å². The van der Waals surface area contributed by atoms with Crippen molar-refractivity contribution in [1.29, 1.82) is 0 Å². The molecule has 74 valence electrons. The molecule has 0 aromatic carbocycles. The molecule has 1 unspecified atom stereocenters. The van der Waals surface area contributed by atoms with Gasteiger partial charge in [0, 0.05) is 0 Å². The highest BCUT2D eigenvalue weighted by atomic mass is 14.1. The van der Waals surface area contributed by atoms with Crippen molar-refractivity contribution in [1.82, 2.24) is 0 Å². The molecule has 0 radical (unpaired) electrons. The highest BCUT2D eigenvalue weighted by molar-refractivity contribution is 4.59. The summed E-state index contributed by atoms with van der Waals surface area (Å²) in [5, 5.41) is 0. The zero-order valence-corrected chi connectivity index (χ0v) is 9.40. The van der Waals surface area contributed by atoms with E-state index in [-0.39, 0.29) is 0 Å². The molecule has 0 aromatic rings. The van der Waals surface area contributed by atoms with Gasteiger partial charge in [0.05, 0.1) is 0 Å². The van der Waals surface area contributed by atoms with Crippen LogP contribution in [-0.2, 0) is 0 Å². The summed E-state index contributed by atoms with van der Waals surface area (Å²) in [6.45, 7) is 9.29. The summed E-state index contributed by atoms with van der Waals surface area (Å²) in [4.78, 5) is 0. The van der Waals surface area contributed by atoms with E-state index >= 15 is 0 Å². The van der Waals surface area contributed by atoms with E-state index in [1.165, 1.54) is 38.5 Å². The van der Waals surface area contributed by atoms with Crippen molar-refractivity contribution in [2.75, 3.05) is 0 Å². The minimum absolute atomic E-state index is 0.886. The molecule has 0 aliphatic heterocycles. The maximum Gasteiger partial charge on any atom is -0.0414 e. The second-order valence-corrected chi connectivity index (χ2v) is 4.40. The van der Waals surface area contributed by atoms with Crippen LogP contribution in [0.25, 0.3) is 0 Å². The Hall–Kier alpha value is 0. The third-order valence-corrected chi connectivity index (χ3v) is 2.60. The molecular formula is C12H26. The van der Waals surface area contributed by atoms with Gasteiger partial charge < -0.3 is 0 Å². The minimum Gasteiger partial charge on any atom is -0.0654 e. The second kappa shape index (κ2) is 7.64. The summed E-state index contributed by atoms with van der Waals surface area (Å²) in [6.07, 6.45) is 8.50. The van der Waals surface area contributed by atoms with Crippen LogP contribution in [0.4, 0.5) is 0 Å². The molecule has 0 aliphatic carbocycles. The molecule has 0 N–H and O–H groups in total. The predicted octanol–water partition coefficient (Wildman–Crippen LogP) is 4.64. The van der Waals surface area contributed by atoms with Gasteiger partial charge in [0.15, 0.2) is 0 Å². The topological polar surface area (TPSA) is 0 Å². The average molecular weight is 170 g/mol. The Bertz CT molecular complexity index is 84.0. The predicted molar refractivity (Wildman–Crippen MR) is 57.4 cm³/mol. The van der Waals surface area contributed by atoms with Crippen LogP contribution in [0, 0.1) is 11.8 Å². The maximum absolute atomic E-state index is 2.34.